The fourth-order valence-electron chi connectivity index (χ4n) is 3.22. The van der Waals surface area contributed by atoms with Crippen LogP contribution in [0.4, 0.5) is 5.13 Å². The van der Waals surface area contributed by atoms with Crippen LogP contribution in [-0.2, 0) is 9.53 Å². The van der Waals surface area contributed by atoms with Gasteiger partial charge in [0.2, 0.25) is 0 Å². The first-order valence-electron chi connectivity index (χ1n) is 9.48. The number of hydrogen-bond donors (Lipinski definition) is 0. The van der Waals surface area contributed by atoms with Gasteiger partial charge in [-0.2, -0.15) is 0 Å². The summed E-state index contributed by atoms with van der Waals surface area (Å²) in [5, 5.41) is 1.46. The first-order valence-corrected chi connectivity index (χ1v) is 11.0. The van der Waals surface area contributed by atoms with Crippen LogP contribution in [-0.4, -0.2) is 43.9 Å². The fraction of sp³-hybridized carbons (Fsp3) is 0.333. The van der Waals surface area contributed by atoms with Gasteiger partial charge in [0.05, 0.1) is 35.0 Å². The molecule has 30 heavy (non-hydrogen) atoms. The second-order valence-electron chi connectivity index (χ2n) is 6.83. The number of amides is 1. The van der Waals surface area contributed by atoms with Gasteiger partial charge in [0.25, 0.3) is 5.91 Å². The van der Waals surface area contributed by atoms with E-state index in [2.05, 4.69) is 4.98 Å². The van der Waals surface area contributed by atoms with Gasteiger partial charge in [-0.1, -0.05) is 34.5 Å². The van der Waals surface area contributed by atoms with E-state index in [4.69, 9.17) is 37.4 Å². The van der Waals surface area contributed by atoms with E-state index in [1.54, 1.807) is 30.2 Å². The normalized spacial score (nSPS) is 16.0. The Hall–Kier alpha value is -2.06. The van der Waals surface area contributed by atoms with E-state index in [1.807, 2.05) is 18.2 Å². The first-order chi connectivity index (χ1) is 14.5. The Morgan fingerprint density at radius 2 is 2.17 bits per heavy atom. The van der Waals surface area contributed by atoms with Crippen molar-refractivity contribution in [3.8, 4) is 11.5 Å². The summed E-state index contributed by atoms with van der Waals surface area (Å²) in [5.74, 6) is 0.929. The van der Waals surface area contributed by atoms with Crippen LogP contribution in [0.25, 0.3) is 10.2 Å². The van der Waals surface area contributed by atoms with Crippen LogP contribution < -0.4 is 14.4 Å². The van der Waals surface area contributed by atoms with Gasteiger partial charge in [0.15, 0.2) is 11.7 Å². The van der Waals surface area contributed by atoms with Crippen LogP contribution in [0.5, 0.6) is 11.5 Å². The first kappa shape index (κ1) is 21.2. The summed E-state index contributed by atoms with van der Waals surface area (Å²) >= 11 is 13.5. The van der Waals surface area contributed by atoms with Crippen molar-refractivity contribution >= 4 is 55.8 Å². The Balaban J connectivity index is 1.56. The number of aromatic nitrogens is 1. The third-order valence-electron chi connectivity index (χ3n) is 4.77. The van der Waals surface area contributed by atoms with Gasteiger partial charge in [-0.05, 0) is 49.2 Å². The fourth-order valence-corrected chi connectivity index (χ4v) is 4.71. The maximum Gasteiger partial charge on any atom is 0.266 e. The zero-order valence-electron chi connectivity index (χ0n) is 16.3. The number of rotatable bonds is 7. The third kappa shape index (κ3) is 4.81. The van der Waals surface area contributed by atoms with E-state index in [0.717, 1.165) is 28.8 Å². The predicted molar refractivity (Wildman–Crippen MR) is 119 cm³/mol. The van der Waals surface area contributed by atoms with Crippen LogP contribution in [0.1, 0.15) is 12.8 Å². The van der Waals surface area contributed by atoms with Crippen molar-refractivity contribution in [1.29, 1.82) is 0 Å². The monoisotopic (exact) mass is 466 g/mol. The highest BCUT2D eigenvalue weighted by atomic mass is 35.5. The number of halogens is 2. The SMILES string of the molecule is COc1ccc2nc(N(CC3CCCO3)C(=O)COc3ccc(Cl)cc3Cl)sc2c1. The lowest BCUT2D eigenvalue weighted by Crippen LogP contribution is -2.40. The maximum atomic E-state index is 13.1. The number of hydrogen-bond acceptors (Lipinski definition) is 6. The molecule has 0 N–H and O–H groups in total. The number of benzene rings is 2. The highest BCUT2D eigenvalue weighted by molar-refractivity contribution is 7.22. The molecule has 2 aromatic carbocycles. The Bertz CT molecular complexity index is 1050. The molecule has 1 aliphatic rings. The molecule has 0 aliphatic carbocycles. The summed E-state index contributed by atoms with van der Waals surface area (Å²) in [4.78, 5) is 19.4. The maximum absolute atomic E-state index is 13.1. The van der Waals surface area contributed by atoms with Crippen molar-refractivity contribution in [1.82, 2.24) is 4.98 Å². The molecule has 3 aromatic rings. The minimum Gasteiger partial charge on any atom is -0.497 e. The highest BCUT2D eigenvalue weighted by Crippen LogP contribution is 2.33. The number of carbonyl (C=O) groups is 1. The number of anilines is 1. The average molecular weight is 467 g/mol. The summed E-state index contributed by atoms with van der Waals surface area (Å²) in [7, 11) is 1.62. The van der Waals surface area contributed by atoms with Crippen molar-refractivity contribution in [2.75, 3.05) is 31.8 Å². The van der Waals surface area contributed by atoms with Crippen molar-refractivity contribution in [2.24, 2.45) is 0 Å². The smallest absolute Gasteiger partial charge is 0.266 e. The number of ether oxygens (including phenoxy) is 3. The minimum atomic E-state index is -0.220. The molecule has 1 atom stereocenters. The molecular weight excluding hydrogens is 447 g/mol. The number of methoxy groups -OCH3 is 1. The summed E-state index contributed by atoms with van der Waals surface area (Å²) in [5.41, 5.74) is 0.808. The standard InChI is InChI=1S/C21H20Cl2N2O4S/c1-27-14-5-6-17-19(10-14)30-21(24-17)25(11-15-3-2-8-28-15)20(26)12-29-18-7-4-13(22)9-16(18)23/h4-7,9-10,15H,2-3,8,11-12H2,1H3. The molecule has 158 valence electrons. The molecule has 0 radical (unpaired) electrons. The molecule has 0 spiro atoms. The van der Waals surface area contributed by atoms with Crippen LogP contribution >= 0.6 is 34.5 Å². The predicted octanol–water partition coefficient (Wildman–Crippen LogP) is 5.20. The van der Waals surface area contributed by atoms with E-state index in [9.17, 15) is 4.79 Å². The molecule has 1 unspecified atom stereocenters. The summed E-state index contributed by atoms with van der Waals surface area (Å²) in [6, 6.07) is 10.5. The Morgan fingerprint density at radius 3 is 2.90 bits per heavy atom. The van der Waals surface area contributed by atoms with Crippen molar-refractivity contribution in [3.63, 3.8) is 0 Å². The number of carbonyl (C=O) groups excluding carboxylic acids is 1. The highest BCUT2D eigenvalue weighted by Gasteiger charge is 2.26. The molecule has 0 bridgehead atoms. The lowest BCUT2D eigenvalue weighted by Gasteiger charge is -2.23. The van der Waals surface area contributed by atoms with E-state index in [1.165, 1.54) is 11.3 Å². The molecule has 4 rings (SSSR count). The van der Waals surface area contributed by atoms with Gasteiger partial charge >= 0.3 is 0 Å². The Morgan fingerprint density at radius 1 is 1.30 bits per heavy atom. The Labute approximate surface area is 188 Å². The minimum absolute atomic E-state index is 0.0189. The second kappa shape index (κ2) is 9.39. The molecule has 1 amide bonds. The van der Waals surface area contributed by atoms with Gasteiger partial charge in [-0.25, -0.2) is 4.98 Å². The zero-order chi connectivity index (χ0) is 21.1. The van der Waals surface area contributed by atoms with Crippen LogP contribution in [0.2, 0.25) is 10.0 Å². The van der Waals surface area contributed by atoms with Crippen LogP contribution in [0.15, 0.2) is 36.4 Å². The second-order valence-corrected chi connectivity index (χ2v) is 8.69. The molecule has 1 saturated heterocycles. The largest absolute Gasteiger partial charge is 0.497 e. The Kier molecular flexibility index (Phi) is 6.63. The molecule has 0 saturated carbocycles. The van der Waals surface area contributed by atoms with Crippen LogP contribution in [0, 0.1) is 0 Å². The number of nitrogens with zero attached hydrogens (tertiary/aromatic N) is 2. The quantitative estimate of drug-likeness (QED) is 0.478. The molecular formula is C21H20Cl2N2O4S. The number of thiazole rings is 1. The molecule has 2 heterocycles. The third-order valence-corrected chi connectivity index (χ3v) is 6.34. The van der Waals surface area contributed by atoms with Crippen molar-refractivity contribution in [2.45, 2.75) is 18.9 Å². The van der Waals surface area contributed by atoms with Crippen molar-refractivity contribution < 1.29 is 19.0 Å². The van der Waals surface area contributed by atoms with Gasteiger partial charge in [-0.3, -0.25) is 9.69 Å². The van der Waals surface area contributed by atoms with Crippen LogP contribution in [0.3, 0.4) is 0 Å². The van der Waals surface area contributed by atoms with Gasteiger partial charge in [0, 0.05) is 11.6 Å². The molecule has 9 heteroatoms. The lowest BCUT2D eigenvalue weighted by molar-refractivity contribution is -0.120. The zero-order valence-corrected chi connectivity index (χ0v) is 18.6. The van der Waals surface area contributed by atoms with Crippen molar-refractivity contribution in [3.05, 3.63) is 46.4 Å². The van der Waals surface area contributed by atoms with Gasteiger partial charge in [0.1, 0.15) is 11.5 Å². The molecule has 1 fully saturated rings. The lowest BCUT2D eigenvalue weighted by atomic mass is 10.2. The average Bonchev–Trinajstić information content (AvgIpc) is 3.39. The van der Waals surface area contributed by atoms with E-state index >= 15 is 0 Å². The summed E-state index contributed by atoms with van der Waals surface area (Å²) in [6.45, 7) is 0.960. The van der Waals surface area contributed by atoms with Gasteiger partial charge < -0.3 is 14.2 Å². The molecule has 1 aliphatic heterocycles. The van der Waals surface area contributed by atoms with E-state index in [-0.39, 0.29) is 18.6 Å². The summed E-state index contributed by atoms with van der Waals surface area (Å²) < 4.78 is 17.6. The molecule has 1 aromatic heterocycles. The van der Waals surface area contributed by atoms with E-state index in [0.29, 0.717) is 34.1 Å². The molecule has 6 nitrogen and oxygen atoms in total. The van der Waals surface area contributed by atoms with Gasteiger partial charge in [-0.15, -0.1) is 0 Å². The summed E-state index contributed by atoms with van der Waals surface area (Å²) in [6.07, 6.45) is 1.88. The number of fused-ring (bicyclic) bond motifs is 1. The topological polar surface area (TPSA) is 60.9 Å². The van der Waals surface area contributed by atoms with E-state index < -0.39 is 0 Å².